The van der Waals surface area contributed by atoms with E-state index >= 15 is 0 Å². The zero-order chi connectivity index (χ0) is 19.9. The van der Waals surface area contributed by atoms with Crippen LogP contribution in [0.2, 0.25) is 0 Å². The van der Waals surface area contributed by atoms with Gasteiger partial charge >= 0.3 is 0 Å². The molecule has 1 spiro atoms. The molecular weight excluding hydrogens is 396 g/mol. The van der Waals surface area contributed by atoms with Gasteiger partial charge in [0.05, 0.1) is 4.99 Å². The van der Waals surface area contributed by atoms with E-state index in [0.29, 0.717) is 28.2 Å². The number of hydrogen-bond donors (Lipinski definition) is 2. The molecule has 156 valence electrons. The molecule has 0 aliphatic heterocycles. The molecule has 5 atom stereocenters. The lowest BCUT2D eigenvalue weighted by Gasteiger charge is -2.84. The monoisotopic (exact) mass is 428 g/mol. The summed E-state index contributed by atoms with van der Waals surface area (Å²) in [6.45, 7) is 0.837. The predicted molar refractivity (Wildman–Crippen MR) is 123 cm³/mol. The van der Waals surface area contributed by atoms with Crippen LogP contribution < -0.4 is 11.1 Å². The lowest BCUT2D eigenvalue weighted by atomic mass is 9.19. The number of hydrogen-bond acceptors (Lipinski definition) is 2. The summed E-state index contributed by atoms with van der Waals surface area (Å²) in [7, 11) is 0. The van der Waals surface area contributed by atoms with Crippen LogP contribution >= 0.6 is 23.8 Å². The fourth-order valence-corrected chi connectivity index (χ4v) is 10.4. The summed E-state index contributed by atoms with van der Waals surface area (Å²) in [6, 6.07) is 11.9. The van der Waals surface area contributed by atoms with Gasteiger partial charge in [-0.15, -0.1) is 11.6 Å². The Kier molecular flexibility index (Phi) is 4.08. The Bertz CT molecular complexity index is 836. The Morgan fingerprint density at radius 3 is 2.52 bits per heavy atom. The SMILES string of the molecule is NCC1CCC(NC(=S)C23CC4CC5(CCl)CC(c6ccccc6)(C2)C53C4)CC1. The minimum atomic E-state index is 0.193. The summed E-state index contributed by atoms with van der Waals surface area (Å²) >= 11 is 13.0. The normalized spacial score (nSPS) is 49.1. The molecule has 29 heavy (non-hydrogen) atoms. The van der Waals surface area contributed by atoms with Crippen LogP contribution in [-0.2, 0) is 5.41 Å². The molecule has 5 saturated carbocycles. The van der Waals surface area contributed by atoms with E-state index in [1.54, 1.807) is 5.56 Å². The van der Waals surface area contributed by atoms with E-state index in [9.17, 15) is 0 Å². The highest BCUT2D eigenvalue weighted by Gasteiger charge is 2.93. The van der Waals surface area contributed by atoms with E-state index in [1.165, 1.54) is 62.8 Å². The zero-order valence-corrected chi connectivity index (χ0v) is 18.8. The van der Waals surface area contributed by atoms with Crippen molar-refractivity contribution in [3.8, 4) is 0 Å². The van der Waals surface area contributed by atoms with Gasteiger partial charge in [0.1, 0.15) is 0 Å². The van der Waals surface area contributed by atoms with Crippen molar-refractivity contribution in [1.82, 2.24) is 5.32 Å². The number of thiocarbonyl (C=S) groups is 1. The molecule has 0 radical (unpaired) electrons. The molecule has 4 heteroatoms. The van der Waals surface area contributed by atoms with E-state index in [-0.39, 0.29) is 5.41 Å². The van der Waals surface area contributed by atoms with Crippen LogP contribution in [0.15, 0.2) is 30.3 Å². The lowest BCUT2D eigenvalue weighted by molar-refractivity contribution is -0.285. The van der Waals surface area contributed by atoms with Crippen molar-refractivity contribution in [3.63, 3.8) is 0 Å². The number of fused-ring (bicyclic) bond motifs is 1. The minimum absolute atomic E-state index is 0.193. The molecule has 0 aromatic heterocycles. The maximum atomic E-state index is 6.73. The van der Waals surface area contributed by atoms with Gasteiger partial charge in [0, 0.05) is 22.8 Å². The first-order valence-corrected chi connectivity index (χ1v) is 12.6. The largest absolute Gasteiger partial charge is 0.376 e. The summed E-state index contributed by atoms with van der Waals surface area (Å²) in [5, 5.41) is 3.91. The van der Waals surface area contributed by atoms with Crippen LogP contribution in [0.3, 0.4) is 0 Å². The number of halogens is 1. The van der Waals surface area contributed by atoms with Gasteiger partial charge in [0.15, 0.2) is 0 Å². The Labute approximate surface area is 185 Å². The van der Waals surface area contributed by atoms with Gasteiger partial charge in [-0.1, -0.05) is 42.5 Å². The number of rotatable bonds is 5. The van der Waals surface area contributed by atoms with Crippen molar-refractivity contribution in [2.24, 2.45) is 33.8 Å². The summed E-state index contributed by atoms with van der Waals surface area (Å²) in [4.78, 5) is 1.19. The fourth-order valence-electron chi connectivity index (χ4n) is 9.47. The van der Waals surface area contributed by atoms with Crippen molar-refractivity contribution in [2.45, 2.75) is 69.2 Å². The molecule has 3 N–H and O–H groups in total. The first-order valence-electron chi connectivity index (χ1n) is 11.7. The maximum Gasteiger partial charge on any atom is 0.0824 e. The molecule has 2 nitrogen and oxygen atoms in total. The predicted octanol–water partition coefficient (Wildman–Crippen LogP) is 5.18. The molecule has 1 aromatic carbocycles. The van der Waals surface area contributed by atoms with Gasteiger partial charge in [0.25, 0.3) is 0 Å². The van der Waals surface area contributed by atoms with Crippen LogP contribution in [0.1, 0.15) is 63.4 Å². The summed E-state index contributed by atoms with van der Waals surface area (Å²) < 4.78 is 0. The van der Waals surface area contributed by atoms with Crippen LogP contribution in [-0.4, -0.2) is 23.5 Å². The number of nitrogens with two attached hydrogens (primary N) is 1. The van der Waals surface area contributed by atoms with Gasteiger partial charge in [-0.05, 0) is 92.6 Å². The summed E-state index contributed by atoms with van der Waals surface area (Å²) in [5.74, 6) is 2.34. The van der Waals surface area contributed by atoms with Crippen molar-refractivity contribution in [1.29, 1.82) is 0 Å². The number of nitrogens with one attached hydrogen (secondary N) is 1. The molecule has 5 unspecified atom stereocenters. The maximum absolute atomic E-state index is 6.73. The third kappa shape index (κ3) is 2.06. The van der Waals surface area contributed by atoms with Crippen LogP contribution in [0.25, 0.3) is 0 Å². The molecule has 5 aliphatic rings. The van der Waals surface area contributed by atoms with Gasteiger partial charge in [-0.25, -0.2) is 0 Å². The molecule has 6 rings (SSSR count). The third-order valence-electron chi connectivity index (χ3n) is 10.2. The Hall–Kier alpha value is -0.640. The Morgan fingerprint density at radius 2 is 1.83 bits per heavy atom. The molecule has 5 fully saturated rings. The van der Waals surface area contributed by atoms with Crippen molar-refractivity contribution >= 4 is 28.8 Å². The minimum Gasteiger partial charge on any atom is -0.376 e. The lowest BCUT2D eigenvalue weighted by Crippen LogP contribution is -2.83. The average Bonchev–Trinajstić information content (AvgIpc) is 3.22. The van der Waals surface area contributed by atoms with Gasteiger partial charge < -0.3 is 11.1 Å². The summed E-state index contributed by atoms with van der Waals surface area (Å²) in [6.07, 6.45) is 11.4. The highest BCUT2D eigenvalue weighted by atomic mass is 35.5. The van der Waals surface area contributed by atoms with Crippen molar-refractivity contribution < 1.29 is 0 Å². The standard InChI is InChI=1S/C25H33ClN2S/c26-16-22-10-18-11-23(21(29)28-20-8-6-17(13-27)7-9-20)15-24(14-22,25(22,23)12-18)19-4-2-1-3-5-19/h1-5,17-18,20H,6-16,27H2,(H,28,29). The van der Waals surface area contributed by atoms with E-state index in [0.717, 1.165) is 18.3 Å². The second-order valence-corrected chi connectivity index (χ2v) is 11.8. The molecule has 0 amide bonds. The van der Waals surface area contributed by atoms with E-state index in [1.807, 2.05) is 0 Å². The van der Waals surface area contributed by atoms with Crippen molar-refractivity contribution in [3.05, 3.63) is 35.9 Å². The fraction of sp³-hybridized carbons (Fsp3) is 0.720. The zero-order valence-electron chi connectivity index (χ0n) is 17.3. The molecule has 5 aliphatic carbocycles. The molecule has 1 aromatic rings. The number of alkyl halides is 1. The Morgan fingerprint density at radius 1 is 1.07 bits per heavy atom. The van der Waals surface area contributed by atoms with Crippen LogP contribution in [0, 0.1) is 28.1 Å². The highest BCUT2D eigenvalue weighted by Crippen LogP contribution is 2.95. The molecule has 0 saturated heterocycles. The van der Waals surface area contributed by atoms with Crippen LogP contribution in [0.5, 0.6) is 0 Å². The van der Waals surface area contributed by atoms with Gasteiger partial charge in [0.2, 0.25) is 0 Å². The second-order valence-electron chi connectivity index (χ2n) is 11.1. The Balaban J connectivity index is 1.31. The summed E-state index contributed by atoms with van der Waals surface area (Å²) in [5.41, 5.74) is 8.57. The van der Waals surface area contributed by atoms with E-state index in [2.05, 4.69) is 35.6 Å². The van der Waals surface area contributed by atoms with Crippen molar-refractivity contribution in [2.75, 3.05) is 12.4 Å². The van der Waals surface area contributed by atoms with Crippen LogP contribution in [0.4, 0.5) is 0 Å². The molecular formula is C25H33ClN2S. The second kappa shape index (κ2) is 6.20. The highest BCUT2D eigenvalue weighted by molar-refractivity contribution is 7.80. The third-order valence-corrected chi connectivity index (χ3v) is 11.2. The van der Waals surface area contributed by atoms with Gasteiger partial charge in [-0.3, -0.25) is 0 Å². The first kappa shape index (κ1) is 19.1. The topological polar surface area (TPSA) is 38.0 Å². The first-order chi connectivity index (χ1) is 14.0. The smallest absolute Gasteiger partial charge is 0.0824 e. The molecule has 0 heterocycles. The van der Waals surface area contributed by atoms with Gasteiger partial charge in [-0.2, -0.15) is 0 Å². The number of benzene rings is 1. The average molecular weight is 429 g/mol. The van der Waals surface area contributed by atoms with E-state index in [4.69, 9.17) is 29.6 Å². The quantitative estimate of drug-likeness (QED) is 0.501. The van der Waals surface area contributed by atoms with E-state index < -0.39 is 0 Å². The molecule has 2 bridgehead atoms.